The molecule has 2 aromatic carbocycles. The Hall–Kier alpha value is -3.01. The predicted molar refractivity (Wildman–Crippen MR) is 118 cm³/mol. The fourth-order valence-corrected chi connectivity index (χ4v) is 2.83. The van der Waals surface area contributed by atoms with Crippen LogP contribution < -0.4 is 5.32 Å². The maximum Gasteiger partial charge on any atom is 0.422 e. The van der Waals surface area contributed by atoms with Crippen LogP contribution in [0.25, 0.3) is 0 Å². The molecule has 2 rings (SSSR count). The van der Waals surface area contributed by atoms with E-state index >= 15 is 0 Å². The number of amides is 1. The lowest BCUT2D eigenvalue weighted by molar-refractivity contribution is -0.189. The van der Waals surface area contributed by atoms with Gasteiger partial charge in [0.1, 0.15) is 11.6 Å². The van der Waals surface area contributed by atoms with Gasteiger partial charge in [0.25, 0.3) is 0 Å². The van der Waals surface area contributed by atoms with Crippen LogP contribution in [0.15, 0.2) is 36.4 Å². The van der Waals surface area contributed by atoms with Crippen LogP contribution >= 0.6 is 0 Å². The van der Waals surface area contributed by atoms with Crippen molar-refractivity contribution in [2.45, 2.75) is 47.0 Å². The molecule has 0 spiro atoms. The van der Waals surface area contributed by atoms with Crippen LogP contribution in [0.2, 0.25) is 0 Å². The largest absolute Gasteiger partial charge is 0.449 e. The van der Waals surface area contributed by atoms with E-state index < -0.39 is 30.5 Å². The molecule has 188 valence electrons. The number of likely N-dealkylation sites (N-methyl/N-ethyl adjacent to an activating group) is 1. The van der Waals surface area contributed by atoms with Gasteiger partial charge in [-0.25, -0.2) is 13.6 Å². The zero-order valence-electron chi connectivity index (χ0n) is 19.6. The number of halogens is 5. The summed E-state index contributed by atoms with van der Waals surface area (Å²) in [4.78, 5) is 24.2. The van der Waals surface area contributed by atoms with E-state index in [1.807, 2.05) is 13.0 Å². The van der Waals surface area contributed by atoms with Crippen molar-refractivity contribution >= 4 is 11.9 Å². The second-order valence-electron chi connectivity index (χ2n) is 7.43. The number of alkyl halides is 3. The lowest BCUT2D eigenvalue weighted by Gasteiger charge is -2.21. The van der Waals surface area contributed by atoms with Crippen molar-refractivity contribution in [1.29, 1.82) is 0 Å². The lowest BCUT2D eigenvalue weighted by atomic mass is 10.1. The number of hydrogen-bond acceptors (Lipinski definition) is 4. The fourth-order valence-electron chi connectivity index (χ4n) is 2.83. The van der Waals surface area contributed by atoms with Crippen molar-refractivity contribution in [2.75, 3.05) is 19.7 Å². The molecular formula is C24H29F5N2O3. The van der Waals surface area contributed by atoms with Crippen molar-refractivity contribution in [3.8, 4) is 0 Å². The van der Waals surface area contributed by atoms with Crippen molar-refractivity contribution in [1.82, 2.24) is 10.2 Å². The molecule has 0 heterocycles. The summed E-state index contributed by atoms with van der Waals surface area (Å²) in [5.74, 6) is -3.35. The number of benzene rings is 2. The third-order valence-corrected chi connectivity index (χ3v) is 4.75. The van der Waals surface area contributed by atoms with Crippen LogP contribution in [0, 0.1) is 25.5 Å². The van der Waals surface area contributed by atoms with E-state index in [4.69, 9.17) is 0 Å². The minimum absolute atomic E-state index is 0.0252. The van der Waals surface area contributed by atoms with Gasteiger partial charge in [0.2, 0.25) is 0 Å². The summed E-state index contributed by atoms with van der Waals surface area (Å²) in [6.45, 7) is 7.19. The number of rotatable bonds is 7. The average Bonchev–Trinajstić information content (AvgIpc) is 2.76. The summed E-state index contributed by atoms with van der Waals surface area (Å²) in [5.41, 5.74) is 3.32. The van der Waals surface area contributed by atoms with Crippen molar-refractivity contribution in [2.24, 2.45) is 0 Å². The number of aryl methyl sites for hydroxylation is 2. The zero-order valence-corrected chi connectivity index (χ0v) is 19.6. The van der Waals surface area contributed by atoms with Gasteiger partial charge in [-0.05, 0) is 73.8 Å². The van der Waals surface area contributed by atoms with Crippen LogP contribution in [-0.4, -0.2) is 42.6 Å². The monoisotopic (exact) mass is 488 g/mol. The Labute approximate surface area is 195 Å². The first-order valence-corrected chi connectivity index (χ1v) is 10.6. The smallest absolute Gasteiger partial charge is 0.422 e. The Morgan fingerprint density at radius 1 is 0.941 bits per heavy atom. The van der Waals surface area contributed by atoms with Crippen LogP contribution in [0.4, 0.5) is 22.0 Å². The van der Waals surface area contributed by atoms with Gasteiger partial charge in [-0.15, -0.1) is 0 Å². The molecule has 0 saturated carbocycles. The highest BCUT2D eigenvalue weighted by Crippen LogP contribution is 2.16. The highest BCUT2D eigenvalue weighted by atomic mass is 19.4. The summed E-state index contributed by atoms with van der Waals surface area (Å²) in [6.07, 6.45) is -4.69. The van der Waals surface area contributed by atoms with Crippen LogP contribution in [0.5, 0.6) is 0 Å². The summed E-state index contributed by atoms with van der Waals surface area (Å²) >= 11 is 0. The number of nitrogens with zero attached hydrogens (tertiary/aromatic N) is 1. The first-order valence-electron chi connectivity index (χ1n) is 10.6. The van der Waals surface area contributed by atoms with Gasteiger partial charge in [-0.2, -0.15) is 13.2 Å². The van der Waals surface area contributed by atoms with Gasteiger partial charge in [-0.3, -0.25) is 4.79 Å². The molecule has 0 aliphatic heterocycles. The number of carbonyl (C=O) groups excluding carboxylic acids is 2. The molecule has 5 nitrogen and oxygen atoms in total. The predicted octanol–water partition coefficient (Wildman–Crippen LogP) is 4.83. The SMILES string of the molecule is CCN(Cc1ccc(F)cc1C)C(=O)C(=O)OCC(F)(F)F.CCNCc1ccc(F)cc1C. The Bertz CT molecular complexity index is 964. The fraction of sp³-hybridized carbons (Fsp3) is 0.417. The Balaban J connectivity index is 0.000000404. The number of ether oxygens (including phenoxy) is 1. The number of nitrogens with one attached hydrogen (secondary N) is 1. The van der Waals surface area contributed by atoms with Gasteiger partial charge in [0.15, 0.2) is 6.61 Å². The lowest BCUT2D eigenvalue weighted by Crippen LogP contribution is -2.38. The molecular weight excluding hydrogens is 459 g/mol. The van der Waals surface area contributed by atoms with Gasteiger partial charge in [0, 0.05) is 19.6 Å². The molecule has 0 bridgehead atoms. The first kappa shape index (κ1) is 29.0. The normalized spacial score (nSPS) is 10.9. The van der Waals surface area contributed by atoms with Gasteiger partial charge < -0.3 is 15.0 Å². The maximum atomic E-state index is 13.0. The zero-order chi connectivity index (χ0) is 25.9. The minimum atomic E-state index is -4.69. The molecule has 0 saturated heterocycles. The molecule has 0 unspecified atom stereocenters. The third kappa shape index (κ3) is 10.3. The van der Waals surface area contributed by atoms with E-state index in [9.17, 15) is 31.5 Å². The average molecular weight is 488 g/mol. The molecule has 2 aromatic rings. The summed E-state index contributed by atoms with van der Waals surface area (Å²) in [7, 11) is 0. The topological polar surface area (TPSA) is 58.6 Å². The van der Waals surface area contributed by atoms with Gasteiger partial charge in [-0.1, -0.05) is 19.1 Å². The highest BCUT2D eigenvalue weighted by Gasteiger charge is 2.32. The van der Waals surface area contributed by atoms with Crippen LogP contribution in [-0.2, 0) is 27.4 Å². The van der Waals surface area contributed by atoms with Gasteiger partial charge in [0.05, 0.1) is 0 Å². The van der Waals surface area contributed by atoms with Crippen molar-refractivity contribution < 1.29 is 36.3 Å². The molecule has 0 aliphatic carbocycles. The standard InChI is InChI=1S/C14H15F4NO3.C10H14FN/c1-3-19(7-10-4-5-11(15)6-9(10)2)12(20)13(21)22-8-14(16,17)18;1-3-12-7-9-4-5-10(11)6-8(9)2/h4-6H,3,7-8H2,1-2H3;4-6,12H,3,7H2,1-2H3. The van der Waals surface area contributed by atoms with Crippen LogP contribution in [0.3, 0.4) is 0 Å². The quantitative estimate of drug-likeness (QED) is 0.345. The number of carbonyl (C=O) groups is 2. The molecule has 0 atom stereocenters. The number of esters is 1. The second-order valence-corrected chi connectivity index (χ2v) is 7.43. The number of hydrogen-bond donors (Lipinski definition) is 1. The van der Waals surface area contributed by atoms with E-state index in [0.29, 0.717) is 11.1 Å². The first-order chi connectivity index (χ1) is 15.9. The molecule has 0 fully saturated rings. The van der Waals surface area contributed by atoms with E-state index in [-0.39, 0.29) is 18.9 Å². The summed E-state index contributed by atoms with van der Waals surface area (Å²) in [5, 5.41) is 3.20. The molecule has 0 aliphatic rings. The Morgan fingerprint density at radius 3 is 1.91 bits per heavy atom. The third-order valence-electron chi connectivity index (χ3n) is 4.75. The van der Waals surface area contributed by atoms with E-state index in [0.717, 1.165) is 23.6 Å². The molecule has 1 N–H and O–H groups in total. The molecule has 10 heteroatoms. The minimum Gasteiger partial charge on any atom is -0.449 e. The van der Waals surface area contributed by atoms with Crippen LogP contribution in [0.1, 0.15) is 36.1 Å². The summed E-state index contributed by atoms with van der Waals surface area (Å²) < 4.78 is 65.5. The molecule has 1 amide bonds. The maximum absolute atomic E-state index is 13.0. The second kappa shape index (κ2) is 13.6. The molecule has 0 aromatic heterocycles. The van der Waals surface area contributed by atoms with Gasteiger partial charge >= 0.3 is 18.1 Å². The van der Waals surface area contributed by atoms with Crippen molar-refractivity contribution in [3.05, 3.63) is 70.3 Å². The Kier molecular flexibility index (Phi) is 11.6. The molecule has 0 radical (unpaired) electrons. The highest BCUT2D eigenvalue weighted by molar-refractivity contribution is 6.32. The van der Waals surface area contributed by atoms with E-state index in [1.165, 1.54) is 29.8 Å². The summed E-state index contributed by atoms with van der Waals surface area (Å²) in [6, 6.07) is 8.79. The Morgan fingerprint density at radius 2 is 1.47 bits per heavy atom. The molecule has 34 heavy (non-hydrogen) atoms. The van der Waals surface area contributed by atoms with E-state index in [1.54, 1.807) is 19.9 Å². The van der Waals surface area contributed by atoms with E-state index in [2.05, 4.69) is 17.0 Å². The van der Waals surface area contributed by atoms with Crippen molar-refractivity contribution in [3.63, 3.8) is 0 Å².